The SMILES string of the molecule is COC(=O)c1ccc(CNC(C)Cc2ccsc2)nc1. The summed E-state index contributed by atoms with van der Waals surface area (Å²) in [6.45, 7) is 2.84. The van der Waals surface area contributed by atoms with Crippen molar-refractivity contribution >= 4 is 17.3 Å². The first kappa shape index (κ1) is 14.7. The minimum absolute atomic E-state index is 0.358. The number of methoxy groups -OCH3 is 1. The molecular weight excluding hydrogens is 272 g/mol. The lowest BCUT2D eigenvalue weighted by molar-refractivity contribution is 0.0600. The van der Waals surface area contributed by atoms with Crippen LogP contribution in [0.3, 0.4) is 0 Å². The number of carbonyl (C=O) groups is 1. The van der Waals surface area contributed by atoms with Crippen LogP contribution in [-0.2, 0) is 17.7 Å². The second-order valence-electron chi connectivity index (χ2n) is 4.65. The molecule has 0 saturated heterocycles. The Morgan fingerprint density at radius 1 is 1.45 bits per heavy atom. The van der Waals surface area contributed by atoms with Crippen LogP contribution in [-0.4, -0.2) is 24.1 Å². The fraction of sp³-hybridized carbons (Fsp3) is 0.333. The molecule has 0 radical (unpaired) electrons. The van der Waals surface area contributed by atoms with Gasteiger partial charge in [-0.1, -0.05) is 0 Å². The Morgan fingerprint density at radius 2 is 2.30 bits per heavy atom. The third-order valence-corrected chi connectivity index (χ3v) is 3.73. The maximum Gasteiger partial charge on any atom is 0.339 e. The predicted molar refractivity (Wildman–Crippen MR) is 79.9 cm³/mol. The number of esters is 1. The highest BCUT2D eigenvalue weighted by Crippen LogP contribution is 2.09. The summed E-state index contributed by atoms with van der Waals surface area (Å²) in [6.07, 6.45) is 2.55. The second-order valence-corrected chi connectivity index (χ2v) is 5.43. The molecule has 0 saturated carbocycles. The van der Waals surface area contributed by atoms with Gasteiger partial charge in [-0.2, -0.15) is 11.3 Å². The number of hydrogen-bond acceptors (Lipinski definition) is 5. The number of carbonyl (C=O) groups excluding carboxylic acids is 1. The zero-order valence-corrected chi connectivity index (χ0v) is 12.4. The van der Waals surface area contributed by atoms with E-state index in [-0.39, 0.29) is 5.97 Å². The maximum atomic E-state index is 11.3. The molecule has 1 atom stereocenters. The third-order valence-electron chi connectivity index (χ3n) is 3.00. The van der Waals surface area contributed by atoms with Crippen LogP contribution >= 0.6 is 11.3 Å². The molecule has 2 aromatic rings. The molecule has 1 unspecified atom stereocenters. The minimum atomic E-state index is -0.358. The molecule has 4 nitrogen and oxygen atoms in total. The quantitative estimate of drug-likeness (QED) is 0.831. The van der Waals surface area contributed by atoms with Crippen molar-refractivity contribution in [3.63, 3.8) is 0 Å². The molecular formula is C15H18N2O2S. The number of nitrogens with zero attached hydrogens (tertiary/aromatic N) is 1. The number of rotatable bonds is 6. The fourth-order valence-electron chi connectivity index (χ4n) is 1.88. The molecule has 5 heteroatoms. The highest BCUT2D eigenvalue weighted by Gasteiger charge is 2.07. The summed E-state index contributed by atoms with van der Waals surface area (Å²) in [5, 5.41) is 7.69. The molecule has 0 spiro atoms. The van der Waals surface area contributed by atoms with Crippen LogP contribution in [0.15, 0.2) is 35.2 Å². The van der Waals surface area contributed by atoms with Gasteiger partial charge in [0.25, 0.3) is 0 Å². The Balaban J connectivity index is 1.83. The van der Waals surface area contributed by atoms with Gasteiger partial charge in [0.2, 0.25) is 0 Å². The molecule has 1 N–H and O–H groups in total. The Kier molecular flexibility index (Phi) is 5.26. The second kappa shape index (κ2) is 7.17. The maximum absolute atomic E-state index is 11.3. The van der Waals surface area contributed by atoms with Gasteiger partial charge in [-0.15, -0.1) is 0 Å². The number of aromatic nitrogens is 1. The van der Waals surface area contributed by atoms with Crippen molar-refractivity contribution in [2.75, 3.05) is 7.11 Å². The molecule has 106 valence electrons. The van der Waals surface area contributed by atoms with Crippen LogP contribution < -0.4 is 5.32 Å². The van der Waals surface area contributed by atoms with E-state index < -0.39 is 0 Å². The number of ether oxygens (including phenoxy) is 1. The van der Waals surface area contributed by atoms with Crippen molar-refractivity contribution in [1.82, 2.24) is 10.3 Å². The van der Waals surface area contributed by atoms with Crippen molar-refractivity contribution in [2.24, 2.45) is 0 Å². The summed E-state index contributed by atoms with van der Waals surface area (Å²) in [5.41, 5.74) is 2.74. The van der Waals surface area contributed by atoms with E-state index in [1.54, 1.807) is 23.6 Å². The van der Waals surface area contributed by atoms with E-state index in [0.29, 0.717) is 18.2 Å². The molecule has 20 heavy (non-hydrogen) atoms. The van der Waals surface area contributed by atoms with E-state index >= 15 is 0 Å². The van der Waals surface area contributed by atoms with Crippen LogP contribution in [0.2, 0.25) is 0 Å². The Bertz CT molecular complexity index is 538. The van der Waals surface area contributed by atoms with Crippen LogP contribution in [0.25, 0.3) is 0 Å². The van der Waals surface area contributed by atoms with E-state index in [9.17, 15) is 4.79 Å². The van der Waals surface area contributed by atoms with Crippen molar-refractivity contribution in [2.45, 2.75) is 25.9 Å². The lowest BCUT2D eigenvalue weighted by Crippen LogP contribution is -2.27. The van der Waals surface area contributed by atoms with Gasteiger partial charge < -0.3 is 10.1 Å². The molecule has 2 heterocycles. The summed E-state index contributed by atoms with van der Waals surface area (Å²) in [5.74, 6) is -0.358. The van der Waals surface area contributed by atoms with Gasteiger partial charge in [0.1, 0.15) is 0 Å². The summed E-state index contributed by atoms with van der Waals surface area (Å²) in [4.78, 5) is 15.5. The molecule has 0 aromatic carbocycles. The third kappa shape index (κ3) is 4.15. The molecule has 0 bridgehead atoms. The molecule has 2 aromatic heterocycles. The van der Waals surface area contributed by atoms with Crippen molar-refractivity contribution in [1.29, 1.82) is 0 Å². The van der Waals surface area contributed by atoms with E-state index in [0.717, 1.165) is 12.1 Å². The lowest BCUT2D eigenvalue weighted by Gasteiger charge is -2.12. The lowest BCUT2D eigenvalue weighted by atomic mass is 10.1. The van der Waals surface area contributed by atoms with Crippen LogP contribution in [0.5, 0.6) is 0 Å². The van der Waals surface area contributed by atoms with Gasteiger partial charge in [0, 0.05) is 18.8 Å². The van der Waals surface area contributed by atoms with E-state index in [1.807, 2.05) is 6.07 Å². The topological polar surface area (TPSA) is 51.2 Å². The molecule has 0 aliphatic rings. The number of nitrogens with one attached hydrogen (secondary N) is 1. The standard InChI is InChI=1S/C15H18N2O2S/c1-11(7-12-5-6-20-10-12)16-9-14-4-3-13(8-17-14)15(18)19-2/h3-6,8,10-11,16H,7,9H2,1-2H3. The number of thiophene rings is 1. The first-order chi connectivity index (χ1) is 9.69. The first-order valence-corrected chi connectivity index (χ1v) is 7.41. The molecule has 0 aliphatic carbocycles. The Morgan fingerprint density at radius 3 is 2.90 bits per heavy atom. The van der Waals surface area contributed by atoms with Crippen molar-refractivity contribution in [3.8, 4) is 0 Å². The Labute approximate surface area is 122 Å². The number of pyridine rings is 1. The summed E-state index contributed by atoms with van der Waals surface area (Å²) in [7, 11) is 1.36. The molecule has 2 rings (SSSR count). The Hall–Kier alpha value is -1.72. The van der Waals surface area contributed by atoms with Gasteiger partial charge in [-0.05, 0) is 47.9 Å². The largest absolute Gasteiger partial charge is 0.465 e. The summed E-state index contributed by atoms with van der Waals surface area (Å²) >= 11 is 1.72. The molecule has 0 aliphatic heterocycles. The average molecular weight is 290 g/mol. The smallest absolute Gasteiger partial charge is 0.339 e. The van der Waals surface area contributed by atoms with E-state index in [1.165, 1.54) is 12.7 Å². The van der Waals surface area contributed by atoms with Crippen LogP contribution in [0, 0.1) is 0 Å². The van der Waals surface area contributed by atoms with Gasteiger partial charge in [-0.25, -0.2) is 4.79 Å². The van der Waals surface area contributed by atoms with Crippen molar-refractivity contribution in [3.05, 3.63) is 52.0 Å². The van der Waals surface area contributed by atoms with Crippen LogP contribution in [0.4, 0.5) is 0 Å². The summed E-state index contributed by atoms with van der Waals surface area (Å²) in [6, 6.07) is 6.11. The van der Waals surface area contributed by atoms with Gasteiger partial charge >= 0.3 is 5.97 Å². The summed E-state index contributed by atoms with van der Waals surface area (Å²) < 4.78 is 4.64. The molecule has 0 amide bonds. The fourth-order valence-corrected chi connectivity index (χ4v) is 2.56. The van der Waals surface area contributed by atoms with E-state index in [2.05, 4.69) is 38.8 Å². The minimum Gasteiger partial charge on any atom is -0.465 e. The van der Waals surface area contributed by atoms with Gasteiger partial charge in [0.15, 0.2) is 0 Å². The van der Waals surface area contributed by atoms with Crippen LogP contribution in [0.1, 0.15) is 28.5 Å². The molecule has 0 fully saturated rings. The highest BCUT2D eigenvalue weighted by molar-refractivity contribution is 7.07. The normalized spacial score (nSPS) is 12.1. The highest BCUT2D eigenvalue weighted by atomic mass is 32.1. The zero-order valence-electron chi connectivity index (χ0n) is 11.6. The monoisotopic (exact) mass is 290 g/mol. The first-order valence-electron chi connectivity index (χ1n) is 6.46. The zero-order chi connectivity index (χ0) is 14.4. The number of hydrogen-bond donors (Lipinski definition) is 1. The van der Waals surface area contributed by atoms with E-state index in [4.69, 9.17) is 0 Å². The predicted octanol–water partition coefficient (Wildman–Crippen LogP) is 2.65. The van der Waals surface area contributed by atoms with Gasteiger partial charge in [0.05, 0.1) is 18.4 Å². The average Bonchev–Trinajstić information content (AvgIpc) is 2.97. The van der Waals surface area contributed by atoms with Gasteiger partial charge in [-0.3, -0.25) is 4.98 Å². The van der Waals surface area contributed by atoms with Crippen molar-refractivity contribution < 1.29 is 9.53 Å².